The van der Waals surface area contributed by atoms with Gasteiger partial charge in [-0.15, -0.1) is 0 Å². The van der Waals surface area contributed by atoms with Gasteiger partial charge in [0.05, 0.1) is 12.6 Å². The molecule has 2 rings (SSSR count). The third-order valence-electron chi connectivity index (χ3n) is 4.44. The van der Waals surface area contributed by atoms with Crippen molar-refractivity contribution in [3.8, 4) is 0 Å². The molecule has 3 amide bonds. The molecule has 1 fully saturated rings. The van der Waals surface area contributed by atoms with E-state index < -0.39 is 17.7 Å². The summed E-state index contributed by atoms with van der Waals surface area (Å²) < 4.78 is 0. The highest BCUT2D eigenvalue weighted by atomic mass is 16.3. The Kier molecular flexibility index (Phi) is 4.29. The predicted molar refractivity (Wildman–Crippen MR) is 84.4 cm³/mol. The first-order valence-electron chi connectivity index (χ1n) is 7.55. The molecule has 1 aromatic carbocycles. The maximum atomic E-state index is 12.5. The fraction of sp³-hybridized carbons (Fsp3) is 0.529. The molecular weight excluding hydrogens is 280 g/mol. The Morgan fingerprint density at radius 1 is 1.18 bits per heavy atom. The minimum atomic E-state index is -0.903. The number of β-amino-alcohol motifs (C(OH)–C–C–N with tert-alkyl or cyclic N) is 1. The van der Waals surface area contributed by atoms with Gasteiger partial charge in [0.1, 0.15) is 5.54 Å². The lowest BCUT2D eigenvalue weighted by Gasteiger charge is -2.26. The second-order valence-corrected chi connectivity index (χ2v) is 6.64. The van der Waals surface area contributed by atoms with Crippen molar-refractivity contribution in [2.75, 3.05) is 6.54 Å². The average Bonchev–Trinajstić information content (AvgIpc) is 2.62. The number of nitrogens with one attached hydrogen (secondary N) is 1. The topological polar surface area (TPSA) is 69.6 Å². The van der Waals surface area contributed by atoms with Crippen molar-refractivity contribution < 1.29 is 14.7 Å². The zero-order valence-electron chi connectivity index (χ0n) is 13.8. The van der Waals surface area contributed by atoms with Gasteiger partial charge in [0.2, 0.25) is 0 Å². The number of benzene rings is 1. The second-order valence-electron chi connectivity index (χ2n) is 6.64. The van der Waals surface area contributed by atoms with Gasteiger partial charge in [-0.05, 0) is 32.3 Å². The van der Waals surface area contributed by atoms with Crippen molar-refractivity contribution in [2.24, 2.45) is 5.92 Å². The van der Waals surface area contributed by atoms with Crippen LogP contribution in [0.25, 0.3) is 0 Å². The summed E-state index contributed by atoms with van der Waals surface area (Å²) in [5.74, 6) is -0.303. The van der Waals surface area contributed by atoms with Crippen LogP contribution >= 0.6 is 0 Å². The molecule has 1 aromatic rings. The van der Waals surface area contributed by atoms with Gasteiger partial charge in [-0.25, -0.2) is 4.79 Å². The Morgan fingerprint density at radius 3 is 2.18 bits per heavy atom. The van der Waals surface area contributed by atoms with E-state index >= 15 is 0 Å². The summed E-state index contributed by atoms with van der Waals surface area (Å²) in [7, 11) is 0. The summed E-state index contributed by atoms with van der Waals surface area (Å²) in [5, 5.41) is 13.1. The number of nitrogens with zero attached hydrogens (tertiary/aromatic N) is 1. The molecule has 1 aliphatic rings. The van der Waals surface area contributed by atoms with Crippen molar-refractivity contribution >= 4 is 11.9 Å². The van der Waals surface area contributed by atoms with Crippen LogP contribution in [0.3, 0.4) is 0 Å². The lowest BCUT2D eigenvalue weighted by molar-refractivity contribution is -0.133. The number of hydrogen-bond acceptors (Lipinski definition) is 3. The highest BCUT2D eigenvalue weighted by Gasteiger charge is 2.49. The van der Waals surface area contributed by atoms with Crippen LogP contribution in [0, 0.1) is 19.8 Å². The largest absolute Gasteiger partial charge is 0.387 e. The highest BCUT2D eigenvalue weighted by Crippen LogP contribution is 2.27. The first-order valence-corrected chi connectivity index (χ1v) is 7.55. The predicted octanol–water partition coefficient (Wildman–Crippen LogP) is 2.30. The summed E-state index contributed by atoms with van der Waals surface area (Å²) in [6.45, 7) is 9.38. The van der Waals surface area contributed by atoms with E-state index in [0.717, 1.165) is 21.6 Å². The van der Waals surface area contributed by atoms with Crippen molar-refractivity contribution in [3.05, 3.63) is 34.9 Å². The van der Waals surface area contributed by atoms with Crippen LogP contribution in [-0.4, -0.2) is 34.0 Å². The second kappa shape index (κ2) is 5.72. The Bertz CT molecular complexity index is 592. The van der Waals surface area contributed by atoms with Crippen molar-refractivity contribution in [1.82, 2.24) is 10.2 Å². The smallest absolute Gasteiger partial charge is 0.325 e. The summed E-state index contributed by atoms with van der Waals surface area (Å²) in [6.07, 6.45) is -0.886. The number of hydrogen-bond donors (Lipinski definition) is 2. The molecule has 2 unspecified atom stereocenters. The molecule has 2 N–H and O–H groups in total. The van der Waals surface area contributed by atoms with E-state index in [9.17, 15) is 14.7 Å². The lowest BCUT2D eigenvalue weighted by Crippen LogP contribution is -2.48. The number of urea groups is 1. The van der Waals surface area contributed by atoms with E-state index in [1.807, 2.05) is 45.9 Å². The molecule has 1 saturated heterocycles. The Balaban J connectivity index is 2.20. The maximum absolute atomic E-state index is 12.5. The van der Waals surface area contributed by atoms with Gasteiger partial charge in [0.25, 0.3) is 5.91 Å². The van der Waals surface area contributed by atoms with Gasteiger partial charge in [-0.3, -0.25) is 9.69 Å². The van der Waals surface area contributed by atoms with Crippen molar-refractivity contribution in [2.45, 2.75) is 46.3 Å². The van der Waals surface area contributed by atoms with E-state index in [0.29, 0.717) is 0 Å². The van der Waals surface area contributed by atoms with Crippen LogP contribution in [0.4, 0.5) is 4.79 Å². The molecule has 0 spiro atoms. The number of amides is 3. The molecule has 5 heteroatoms. The van der Waals surface area contributed by atoms with E-state index in [-0.39, 0.29) is 18.4 Å². The molecule has 0 saturated carbocycles. The number of aliphatic hydroxyl groups excluding tert-OH is 1. The third kappa shape index (κ3) is 2.86. The number of carbonyl (C=O) groups is 2. The van der Waals surface area contributed by atoms with E-state index in [4.69, 9.17) is 0 Å². The molecule has 0 bridgehead atoms. The lowest BCUT2D eigenvalue weighted by atomic mass is 9.88. The van der Waals surface area contributed by atoms with Crippen molar-refractivity contribution in [1.29, 1.82) is 0 Å². The SMILES string of the molecule is Cc1cc(C)cc(C(O)CN2C(=O)NC(C)(C(C)C)C2=O)c1. The minimum Gasteiger partial charge on any atom is -0.387 e. The first kappa shape index (κ1) is 16.5. The van der Waals surface area contributed by atoms with Gasteiger partial charge in [0, 0.05) is 0 Å². The maximum Gasteiger partial charge on any atom is 0.325 e. The monoisotopic (exact) mass is 304 g/mol. The number of rotatable bonds is 4. The molecule has 22 heavy (non-hydrogen) atoms. The normalized spacial score (nSPS) is 23.1. The van der Waals surface area contributed by atoms with E-state index in [1.165, 1.54) is 0 Å². The Labute approximate surface area is 131 Å². The average molecular weight is 304 g/mol. The van der Waals surface area contributed by atoms with Crippen LogP contribution in [0.5, 0.6) is 0 Å². The zero-order chi connectivity index (χ0) is 16.7. The van der Waals surface area contributed by atoms with Crippen molar-refractivity contribution in [3.63, 3.8) is 0 Å². The molecule has 0 radical (unpaired) electrons. The van der Waals surface area contributed by atoms with Gasteiger partial charge in [0.15, 0.2) is 0 Å². The Hall–Kier alpha value is -1.88. The van der Waals surface area contributed by atoms with E-state index in [2.05, 4.69) is 5.32 Å². The summed E-state index contributed by atoms with van der Waals surface area (Å²) in [6, 6.07) is 5.32. The molecule has 0 aliphatic carbocycles. The van der Waals surface area contributed by atoms with Gasteiger partial charge >= 0.3 is 6.03 Å². The molecule has 1 heterocycles. The first-order chi connectivity index (χ1) is 10.1. The zero-order valence-corrected chi connectivity index (χ0v) is 13.8. The summed E-state index contributed by atoms with van der Waals surface area (Å²) >= 11 is 0. The molecular formula is C17H24N2O3. The third-order valence-corrected chi connectivity index (χ3v) is 4.44. The van der Waals surface area contributed by atoms with Crippen LogP contribution in [-0.2, 0) is 4.79 Å². The number of imide groups is 1. The van der Waals surface area contributed by atoms with Gasteiger partial charge in [-0.2, -0.15) is 0 Å². The fourth-order valence-electron chi connectivity index (χ4n) is 2.75. The van der Waals surface area contributed by atoms with Gasteiger partial charge in [-0.1, -0.05) is 43.2 Å². The van der Waals surface area contributed by atoms with Crippen LogP contribution in [0.15, 0.2) is 18.2 Å². The fourth-order valence-corrected chi connectivity index (χ4v) is 2.75. The summed E-state index contributed by atoms with van der Waals surface area (Å²) in [5.41, 5.74) is 1.90. The molecule has 2 atom stereocenters. The van der Waals surface area contributed by atoms with Crippen LogP contribution < -0.4 is 5.32 Å². The number of aliphatic hydroxyl groups is 1. The number of carbonyl (C=O) groups excluding carboxylic acids is 2. The molecule has 120 valence electrons. The minimum absolute atomic E-state index is 0.0210. The summed E-state index contributed by atoms with van der Waals surface area (Å²) in [4.78, 5) is 25.7. The van der Waals surface area contributed by atoms with Gasteiger partial charge < -0.3 is 10.4 Å². The Morgan fingerprint density at radius 2 is 1.73 bits per heavy atom. The van der Waals surface area contributed by atoms with Crippen LogP contribution in [0.1, 0.15) is 43.6 Å². The molecule has 5 nitrogen and oxygen atoms in total. The molecule has 0 aromatic heterocycles. The number of aryl methyl sites for hydroxylation is 2. The van der Waals surface area contributed by atoms with Crippen LogP contribution in [0.2, 0.25) is 0 Å². The highest BCUT2D eigenvalue weighted by molar-refractivity contribution is 6.07. The standard InChI is InChI=1S/C17H24N2O3/c1-10(2)17(5)15(21)19(16(22)18-17)9-14(20)13-7-11(3)6-12(4)8-13/h6-8,10,14,20H,9H2,1-5H3,(H,18,22). The quantitative estimate of drug-likeness (QED) is 0.839. The van der Waals surface area contributed by atoms with E-state index in [1.54, 1.807) is 6.92 Å². The molecule has 1 aliphatic heterocycles.